The minimum atomic E-state index is -0.656. The number of para-hydroxylation sites is 3. The smallest absolute Gasteiger partial charge is 0.359 e. The highest BCUT2D eigenvalue weighted by atomic mass is 16.5. The number of aromatic nitrogens is 2. The summed E-state index contributed by atoms with van der Waals surface area (Å²) in [6.07, 6.45) is 2.16. The van der Waals surface area contributed by atoms with Crippen LogP contribution in [0.3, 0.4) is 0 Å². The van der Waals surface area contributed by atoms with Crippen molar-refractivity contribution < 1.29 is 14.3 Å². The van der Waals surface area contributed by atoms with E-state index in [9.17, 15) is 9.59 Å². The Balaban J connectivity index is 1.46. The van der Waals surface area contributed by atoms with Crippen molar-refractivity contribution in [3.8, 4) is 0 Å². The van der Waals surface area contributed by atoms with Gasteiger partial charge in [-0.15, -0.1) is 0 Å². The monoisotopic (exact) mass is 347 g/mol. The van der Waals surface area contributed by atoms with Crippen LogP contribution < -0.4 is 4.90 Å². The van der Waals surface area contributed by atoms with Crippen molar-refractivity contribution in [3.05, 3.63) is 66.0 Å². The zero-order valence-corrected chi connectivity index (χ0v) is 14.3. The van der Waals surface area contributed by atoms with E-state index in [1.165, 1.54) is 6.20 Å². The van der Waals surface area contributed by atoms with Gasteiger partial charge in [-0.3, -0.25) is 9.78 Å². The van der Waals surface area contributed by atoms with Crippen molar-refractivity contribution in [2.75, 3.05) is 11.5 Å². The maximum absolute atomic E-state index is 12.6. The number of carbonyl (C=O) groups is 2. The first-order valence-electron chi connectivity index (χ1n) is 8.42. The van der Waals surface area contributed by atoms with E-state index in [1.54, 1.807) is 11.0 Å². The van der Waals surface area contributed by atoms with Gasteiger partial charge in [0, 0.05) is 11.7 Å². The number of nitrogens with zero attached hydrogens (tertiary/aromatic N) is 3. The van der Waals surface area contributed by atoms with Crippen LogP contribution in [-0.2, 0) is 16.0 Å². The number of anilines is 1. The van der Waals surface area contributed by atoms with Crippen LogP contribution in [-0.4, -0.2) is 34.5 Å². The number of rotatable bonds is 3. The summed E-state index contributed by atoms with van der Waals surface area (Å²) < 4.78 is 5.18. The molecule has 0 N–H and O–H groups in total. The van der Waals surface area contributed by atoms with Gasteiger partial charge in [0.1, 0.15) is 0 Å². The van der Waals surface area contributed by atoms with Crippen LogP contribution in [0.1, 0.15) is 23.0 Å². The van der Waals surface area contributed by atoms with Crippen molar-refractivity contribution in [1.29, 1.82) is 0 Å². The zero-order chi connectivity index (χ0) is 18.1. The molecule has 2 heterocycles. The molecule has 6 heteroatoms. The summed E-state index contributed by atoms with van der Waals surface area (Å²) in [5, 5.41) is 0. The van der Waals surface area contributed by atoms with Gasteiger partial charge < -0.3 is 9.64 Å². The van der Waals surface area contributed by atoms with E-state index in [1.807, 2.05) is 49.4 Å². The van der Waals surface area contributed by atoms with E-state index >= 15 is 0 Å². The fourth-order valence-corrected chi connectivity index (χ4v) is 3.27. The molecular formula is C20H17N3O3. The molecule has 1 aliphatic heterocycles. The normalized spacial score (nSPS) is 15.7. The van der Waals surface area contributed by atoms with Gasteiger partial charge >= 0.3 is 5.97 Å². The lowest BCUT2D eigenvalue weighted by Crippen LogP contribution is -2.38. The van der Waals surface area contributed by atoms with Gasteiger partial charge in [-0.2, -0.15) is 0 Å². The molecule has 0 fully saturated rings. The Morgan fingerprint density at radius 2 is 1.85 bits per heavy atom. The average Bonchev–Trinajstić information content (AvgIpc) is 3.01. The van der Waals surface area contributed by atoms with Gasteiger partial charge in [0.25, 0.3) is 5.91 Å². The average molecular weight is 347 g/mol. The number of ether oxygens (including phenoxy) is 1. The zero-order valence-electron chi connectivity index (χ0n) is 14.3. The van der Waals surface area contributed by atoms with Crippen LogP contribution in [0.15, 0.2) is 54.7 Å². The highest BCUT2D eigenvalue weighted by Crippen LogP contribution is 2.31. The lowest BCUT2D eigenvalue weighted by molar-refractivity contribution is -0.122. The van der Waals surface area contributed by atoms with Gasteiger partial charge in [0.2, 0.25) is 0 Å². The summed E-state index contributed by atoms with van der Waals surface area (Å²) in [4.78, 5) is 34.9. The topological polar surface area (TPSA) is 72.4 Å². The van der Waals surface area contributed by atoms with E-state index in [2.05, 4.69) is 9.97 Å². The third-order valence-corrected chi connectivity index (χ3v) is 4.46. The molecule has 0 unspecified atom stereocenters. The van der Waals surface area contributed by atoms with E-state index in [4.69, 9.17) is 4.74 Å². The number of hydrogen-bond donors (Lipinski definition) is 0. The molecule has 4 rings (SSSR count). The second-order valence-corrected chi connectivity index (χ2v) is 6.27. The summed E-state index contributed by atoms with van der Waals surface area (Å²) >= 11 is 0. The van der Waals surface area contributed by atoms with Gasteiger partial charge in [-0.05, 0) is 37.1 Å². The Morgan fingerprint density at radius 1 is 1.12 bits per heavy atom. The number of fused-ring (bicyclic) bond motifs is 2. The minimum absolute atomic E-state index is 0.0408. The summed E-state index contributed by atoms with van der Waals surface area (Å²) in [6.45, 7) is 1.65. The largest absolute Gasteiger partial charge is 0.451 e. The van der Waals surface area contributed by atoms with E-state index < -0.39 is 5.97 Å². The van der Waals surface area contributed by atoms with Gasteiger partial charge in [-0.25, -0.2) is 9.78 Å². The predicted molar refractivity (Wildman–Crippen MR) is 96.9 cm³/mol. The molecule has 0 aliphatic carbocycles. The van der Waals surface area contributed by atoms with Crippen LogP contribution in [0.2, 0.25) is 0 Å². The molecule has 0 saturated heterocycles. The van der Waals surface area contributed by atoms with E-state index in [0.717, 1.165) is 17.7 Å². The van der Waals surface area contributed by atoms with Crippen molar-refractivity contribution >= 4 is 28.6 Å². The summed E-state index contributed by atoms with van der Waals surface area (Å²) in [6, 6.07) is 15.1. The third-order valence-electron chi connectivity index (χ3n) is 4.46. The van der Waals surface area contributed by atoms with Crippen LogP contribution in [0.4, 0.5) is 5.69 Å². The molecular weight excluding hydrogens is 330 g/mol. The second kappa shape index (κ2) is 6.55. The highest BCUT2D eigenvalue weighted by Gasteiger charge is 2.31. The molecule has 0 spiro atoms. The standard InChI is InChI=1S/C20H17N3O3/c1-13-10-14-6-2-5-9-18(14)23(13)19(24)12-26-20(25)17-11-21-15-7-3-4-8-16(15)22-17/h2-9,11,13H,10,12H2,1H3/t13-/m0/s1. The number of benzene rings is 2. The first-order valence-corrected chi connectivity index (χ1v) is 8.42. The van der Waals surface area contributed by atoms with Crippen LogP contribution in [0, 0.1) is 0 Å². The Bertz CT molecular complexity index is 1000. The summed E-state index contributed by atoms with van der Waals surface area (Å²) in [5.74, 6) is -0.902. The first-order chi connectivity index (χ1) is 12.6. The van der Waals surface area contributed by atoms with Crippen molar-refractivity contribution in [2.24, 2.45) is 0 Å². The van der Waals surface area contributed by atoms with Gasteiger partial charge in [0.15, 0.2) is 12.3 Å². The minimum Gasteiger partial charge on any atom is -0.451 e. The quantitative estimate of drug-likeness (QED) is 0.681. The Labute approximate surface area is 150 Å². The second-order valence-electron chi connectivity index (χ2n) is 6.27. The molecule has 0 bridgehead atoms. The third kappa shape index (κ3) is 2.90. The van der Waals surface area contributed by atoms with Gasteiger partial charge in [-0.1, -0.05) is 30.3 Å². The lowest BCUT2D eigenvalue weighted by atomic mass is 10.1. The number of hydrogen-bond acceptors (Lipinski definition) is 5. The maximum atomic E-state index is 12.6. The fraction of sp³-hybridized carbons (Fsp3) is 0.200. The SMILES string of the molecule is C[C@H]1Cc2ccccc2N1C(=O)COC(=O)c1cnc2ccccc2n1. The number of carbonyl (C=O) groups excluding carboxylic acids is 2. The summed E-state index contributed by atoms with van der Waals surface area (Å²) in [7, 11) is 0. The molecule has 3 aromatic rings. The molecule has 1 amide bonds. The molecule has 6 nitrogen and oxygen atoms in total. The molecule has 1 aromatic heterocycles. The van der Waals surface area contributed by atoms with E-state index in [0.29, 0.717) is 11.0 Å². The molecule has 0 radical (unpaired) electrons. The van der Waals surface area contributed by atoms with Crippen LogP contribution in [0.5, 0.6) is 0 Å². The maximum Gasteiger partial charge on any atom is 0.359 e. The summed E-state index contributed by atoms with van der Waals surface area (Å²) in [5.41, 5.74) is 3.40. The van der Waals surface area contributed by atoms with Gasteiger partial charge in [0.05, 0.1) is 17.2 Å². The molecule has 0 saturated carbocycles. The number of esters is 1. The number of amides is 1. The first kappa shape index (κ1) is 16.2. The van der Waals surface area contributed by atoms with Crippen LogP contribution in [0.25, 0.3) is 11.0 Å². The van der Waals surface area contributed by atoms with Crippen molar-refractivity contribution in [3.63, 3.8) is 0 Å². The Kier molecular flexibility index (Phi) is 4.08. The Hall–Kier alpha value is -3.28. The predicted octanol–water partition coefficient (Wildman–Crippen LogP) is 2.76. The molecule has 2 aromatic carbocycles. The lowest BCUT2D eigenvalue weighted by Gasteiger charge is -2.22. The van der Waals surface area contributed by atoms with Crippen molar-refractivity contribution in [2.45, 2.75) is 19.4 Å². The van der Waals surface area contributed by atoms with Crippen molar-refractivity contribution in [1.82, 2.24) is 9.97 Å². The highest BCUT2D eigenvalue weighted by molar-refractivity contribution is 5.99. The van der Waals surface area contributed by atoms with E-state index in [-0.39, 0.29) is 24.2 Å². The molecule has 26 heavy (non-hydrogen) atoms. The molecule has 130 valence electrons. The molecule has 1 aliphatic rings. The molecule has 1 atom stereocenters. The fourth-order valence-electron chi connectivity index (χ4n) is 3.27. The van der Waals surface area contributed by atoms with Crippen LogP contribution >= 0.6 is 0 Å². The Morgan fingerprint density at radius 3 is 2.69 bits per heavy atom.